The Morgan fingerprint density at radius 1 is 0.878 bits per heavy atom. The van der Waals surface area contributed by atoms with Crippen LogP contribution in [0.5, 0.6) is 0 Å². The van der Waals surface area contributed by atoms with Crippen molar-refractivity contribution in [2.75, 3.05) is 17.4 Å². The van der Waals surface area contributed by atoms with Crippen molar-refractivity contribution in [1.82, 2.24) is 10.2 Å². The van der Waals surface area contributed by atoms with Crippen LogP contribution in [-0.4, -0.2) is 44.3 Å². The Kier molecular flexibility index (Phi) is 12.1. The van der Waals surface area contributed by atoms with Crippen molar-refractivity contribution in [2.45, 2.75) is 63.9 Å². The molecule has 41 heavy (non-hydrogen) atoms. The van der Waals surface area contributed by atoms with Crippen LogP contribution in [0.1, 0.15) is 51.2 Å². The number of sulfonamides is 1. The van der Waals surface area contributed by atoms with Crippen molar-refractivity contribution in [3.8, 4) is 0 Å². The van der Waals surface area contributed by atoms with E-state index >= 15 is 0 Å². The van der Waals surface area contributed by atoms with E-state index in [1.165, 1.54) is 17.0 Å². The number of nitrogens with zero attached hydrogens (tertiary/aromatic N) is 2. The van der Waals surface area contributed by atoms with Crippen LogP contribution in [0.4, 0.5) is 5.69 Å². The van der Waals surface area contributed by atoms with Gasteiger partial charge in [0.2, 0.25) is 11.8 Å². The molecule has 0 saturated heterocycles. The molecule has 0 aliphatic rings. The number of benzene rings is 3. The van der Waals surface area contributed by atoms with Crippen LogP contribution < -0.4 is 9.62 Å². The Morgan fingerprint density at radius 2 is 1.51 bits per heavy atom. The Bertz CT molecular complexity index is 1410. The van der Waals surface area contributed by atoms with Crippen LogP contribution in [0, 0.1) is 0 Å². The summed E-state index contributed by atoms with van der Waals surface area (Å²) in [6.45, 7) is 5.64. The molecule has 220 valence electrons. The molecule has 0 unspecified atom stereocenters. The third-order valence-electron chi connectivity index (χ3n) is 6.86. The van der Waals surface area contributed by atoms with Gasteiger partial charge in [-0.25, -0.2) is 8.42 Å². The molecule has 0 aliphatic carbocycles. The predicted octanol–water partition coefficient (Wildman–Crippen LogP) is 6.47. The third-order valence-corrected chi connectivity index (χ3v) is 9.34. The maximum Gasteiger partial charge on any atom is 0.264 e. The molecule has 2 amide bonds. The smallest absolute Gasteiger partial charge is 0.264 e. The summed E-state index contributed by atoms with van der Waals surface area (Å²) in [4.78, 5) is 29.0. The molecule has 0 radical (unpaired) electrons. The number of hydrogen-bond donors (Lipinski definition) is 1. The molecule has 0 spiro atoms. The van der Waals surface area contributed by atoms with Gasteiger partial charge in [-0.1, -0.05) is 92.9 Å². The van der Waals surface area contributed by atoms with Gasteiger partial charge in [-0.05, 0) is 55.2 Å². The molecule has 7 nitrogen and oxygen atoms in total. The largest absolute Gasteiger partial charge is 0.354 e. The van der Waals surface area contributed by atoms with Crippen molar-refractivity contribution in [3.05, 3.63) is 94.0 Å². The molecule has 0 bridgehead atoms. The molecule has 0 aromatic heterocycles. The number of carbonyl (C=O) groups is 2. The van der Waals surface area contributed by atoms with Gasteiger partial charge in [-0.2, -0.15) is 0 Å². The Labute approximate surface area is 253 Å². The SMILES string of the molecule is CCCCNC(=O)[C@@H](CC)N(Cc1c(Cl)cccc1Cl)C(=O)CN(c1ccccc1CC)S(=O)(=O)c1ccccc1. The van der Waals surface area contributed by atoms with E-state index in [9.17, 15) is 18.0 Å². The number of rotatable bonds is 14. The molecule has 1 atom stereocenters. The summed E-state index contributed by atoms with van der Waals surface area (Å²) in [6, 6.07) is 19.3. The standard InChI is InChI=1S/C31H37Cl2N3O4S/c1-4-7-20-34-31(38)28(6-3)35(21-25-26(32)17-13-18-27(25)33)30(37)22-36(29-19-12-11-14-23(29)5-2)41(39,40)24-15-9-8-10-16-24/h8-19,28H,4-7,20-22H2,1-3H3,(H,34,38)/t28-/m1/s1. The van der Waals surface area contributed by atoms with Crippen molar-refractivity contribution in [1.29, 1.82) is 0 Å². The number of nitrogens with one attached hydrogen (secondary N) is 1. The summed E-state index contributed by atoms with van der Waals surface area (Å²) < 4.78 is 29.1. The topological polar surface area (TPSA) is 86.8 Å². The van der Waals surface area contributed by atoms with Crippen molar-refractivity contribution < 1.29 is 18.0 Å². The number of unbranched alkanes of at least 4 members (excludes halogenated alkanes) is 1. The first-order valence-corrected chi connectivity index (χ1v) is 16.0. The molecular formula is C31H37Cl2N3O4S. The lowest BCUT2D eigenvalue weighted by atomic mass is 10.1. The molecule has 0 saturated carbocycles. The fourth-order valence-corrected chi connectivity index (χ4v) is 6.56. The molecular weight excluding hydrogens is 581 g/mol. The van der Waals surface area contributed by atoms with Crippen LogP contribution in [-0.2, 0) is 32.6 Å². The Balaban J connectivity index is 2.10. The van der Waals surface area contributed by atoms with Gasteiger partial charge in [0.15, 0.2) is 0 Å². The van der Waals surface area contributed by atoms with Crippen LogP contribution in [0.3, 0.4) is 0 Å². The van der Waals surface area contributed by atoms with Gasteiger partial charge in [0.1, 0.15) is 12.6 Å². The first-order valence-electron chi connectivity index (χ1n) is 13.8. The second kappa shape index (κ2) is 15.2. The van der Waals surface area contributed by atoms with E-state index in [1.807, 2.05) is 32.9 Å². The lowest BCUT2D eigenvalue weighted by Crippen LogP contribution is -2.52. The zero-order valence-corrected chi connectivity index (χ0v) is 26.0. The zero-order valence-electron chi connectivity index (χ0n) is 23.6. The summed E-state index contributed by atoms with van der Waals surface area (Å²) in [5.74, 6) is -0.868. The number of carbonyl (C=O) groups excluding carboxylic acids is 2. The molecule has 0 aliphatic heterocycles. The quantitative estimate of drug-likeness (QED) is 0.210. The second-order valence-electron chi connectivity index (χ2n) is 9.60. The number of halogens is 2. The van der Waals surface area contributed by atoms with Crippen molar-refractivity contribution >= 4 is 50.7 Å². The molecule has 0 fully saturated rings. The maximum atomic E-state index is 14.2. The molecule has 3 aromatic carbocycles. The van der Waals surface area contributed by atoms with Gasteiger partial charge in [-0.3, -0.25) is 13.9 Å². The number of hydrogen-bond acceptors (Lipinski definition) is 4. The van der Waals surface area contributed by atoms with E-state index in [2.05, 4.69) is 5.32 Å². The Morgan fingerprint density at radius 3 is 2.12 bits per heavy atom. The molecule has 1 N–H and O–H groups in total. The zero-order chi connectivity index (χ0) is 30.0. The Hall–Kier alpha value is -3.07. The fourth-order valence-electron chi connectivity index (χ4n) is 4.57. The average molecular weight is 619 g/mol. The average Bonchev–Trinajstić information content (AvgIpc) is 2.97. The van der Waals surface area contributed by atoms with Crippen molar-refractivity contribution in [3.63, 3.8) is 0 Å². The number of aryl methyl sites for hydroxylation is 1. The lowest BCUT2D eigenvalue weighted by Gasteiger charge is -2.34. The summed E-state index contributed by atoms with van der Waals surface area (Å²) >= 11 is 12.9. The summed E-state index contributed by atoms with van der Waals surface area (Å²) in [5, 5.41) is 3.61. The van der Waals surface area contributed by atoms with E-state index in [-0.39, 0.29) is 17.3 Å². The van der Waals surface area contributed by atoms with Gasteiger partial charge < -0.3 is 10.2 Å². The summed E-state index contributed by atoms with van der Waals surface area (Å²) in [7, 11) is -4.14. The van der Waals surface area contributed by atoms with Crippen LogP contribution >= 0.6 is 23.2 Å². The molecule has 10 heteroatoms. The first-order chi connectivity index (χ1) is 19.6. The number of para-hydroxylation sites is 1. The monoisotopic (exact) mass is 617 g/mol. The first kappa shape index (κ1) is 32.4. The number of amides is 2. The van der Waals surface area contributed by atoms with Gasteiger partial charge in [0, 0.05) is 28.7 Å². The van der Waals surface area contributed by atoms with E-state index in [1.54, 1.807) is 48.5 Å². The second-order valence-corrected chi connectivity index (χ2v) is 12.3. The highest BCUT2D eigenvalue weighted by atomic mass is 35.5. The summed E-state index contributed by atoms with van der Waals surface area (Å²) in [6.07, 6.45) is 2.56. The van der Waals surface area contributed by atoms with Gasteiger partial charge in [-0.15, -0.1) is 0 Å². The van der Waals surface area contributed by atoms with Crippen LogP contribution in [0.15, 0.2) is 77.7 Å². The molecule has 3 rings (SSSR count). The van der Waals surface area contributed by atoms with Crippen molar-refractivity contribution in [2.24, 2.45) is 0 Å². The highest BCUT2D eigenvalue weighted by Crippen LogP contribution is 2.30. The number of anilines is 1. The predicted molar refractivity (Wildman–Crippen MR) is 166 cm³/mol. The molecule has 3 aromatic rings. The normalized spacial score (nSPS) is 12.0. The van der Waals surface area contributed by atoms with E-state index in [0.717, 1.165) is 22.7 Å². The lowest BCUT2D eigenvalue weighted by molar-refractivity contribution is -0.140. The highest BCUT2D eigenvalue weighted by Gasteiger charge is 2.34. The van der Waals surface area contributed by atoms with Crippen LogP contribution in [0.2, 0.25) is 10.0 Å². The maximum absolute atomic E-state index is 14.2. The van der Waals surface area contributed by atoms with Crippen LogP contribution in [0.25, 0.3) is 0 Å². The van der Waals surface area contributed by atoms with Gasteiger partial charge in [0.05, 0.1) is 10.6 Å². The minimum absolute atomic E-state index is 0.0590. The minimum Gasteiger partial charge on any atom is -0.354 e. The highest BCUT2D eigenvalue weighted by molar-refractivity contribution is 7.92. The van der Waals surface area contributed by atoms with E-state index in [0.29, 0.717) is 40.7 Å². The summed E-state index contributed by atoms with van der Waals surface area (Å²) in [5.41, 5.74) is 1.66. The van der Waals surface area contributed by atoms with Gasteiger partial charge >= 0.3 is 0 Å². The van der Waals surface area contributed by atoms with E-state index < -0.39 is 28.5 Å². The molecule has 0 heterocycles. The van der Waals surface area contributed by atoms with E-state index in [4.69, 9.17) is 23.2 Å². The van der Waals surface area contributed by atoms with Gasteiger partial charge in [0.25, 0.3) is 10.0 Å². The minimum atomic E-state index is -4.14. The fraction of sp³-hybridized carbons (Fsp3) is 0.355. The third kappa shape index (κ3) is 8.03.